The molecule has 0 aromatic heterocycles. The number of urea groups is 1. The van der Waals surface area contributed by atoms with Gasteiger partial charge in [-0.25, -0.2) is 4.79 Å². The number of carbonyl (C=O) groups is 2. The fraction of sp³-hybridized carbons (Fsp3) is 0.429. The van der Waals surface area contributed by atoms with Crippen molar-refractivity contribution in [3.8, 4) is 0 Å². The Labute approximate surface area is 125 Å². The van der Waals surface area contributed by atoms with Gasteiger partial charge >= 0.3 is 12.2 Å². The highest BCUT2D eigenvalue weighted by atomic mass is 19.4. The number of ether oxygens (including phenoxy) is 1. The van der Waals surface area contributed by atoms with Crippen molar-refractivity contribution in [3.63, 3.8) is 0 Å². The number of amides is 3. The fourth-order valence-electron chi connectivity index (χ4n) is 2.31. The molecular weight excluding hydrogens is 301 g/mol. The fourth-order valence-corrected chi connectivity index (χ4v) is 2.31. The molecule has 8 heteroatoms. The number of imide groups is 1. The summed E-state index contributed by atoms with van der Waals surface area (Å²) in [6.07, 6.45) is -4.47. The average molecular weight is 316 g/mol. The minimum Gasteiger partial charge on any atom is -0.382 e. The summed E-state index contributed by atoms with van der Waals surface area (Å²) < 4.78 is 42.9. The Kier molecular flexibility index (Phi) is 4.15. The van der Waals surface area contributed by atoms with Crippen LogP contribution in [0.2, 0.25) is 0 Å². The topological polar surface area (TPSA) is 58.6 Å². The molecule has 0 spiro atoms. The van der Waals surface area contributed by atoms with Gasteiger partial charge in [0.15, 0.2) is 0 Å². The first-order valence-corrected chi connectivity index (χ1v) is 6.46. The van der Waals surface area contributed by atoms with Crippen molar-refractivity contribution in [1.82, 2.24) is 10.2 Å². The van der Waals surface area contributed by atoms with Gasteiger partial charge in [0.25, 0.3) is 5.91 Å². The summed E-state index contributed by atoms with van der Waals surface area (Å²) in [4.78, 5) is 25.0. The standard InChI is InChI=1S/C14H15F3N2O3/c1-13(8-22-2)11(20)19(12(21)18-13)7-9-4-3-5-10(6-9)14(15,16)17/h3-6H,7-8H2,1-2H3,(H,18,21)/t13-/m1/s1. The second-order valence-electron chi connectivity index (χ2n) is 5.28. The molecule has 0 bridgehead atoms. The number of hydrogen-bond acceptors (Lipinski definition) is 3. The largest absolute Gasteiger partial charge is 0.416 e. The van der Waals surface area contributed by atoms with Gasteiger partial charge < -0.3 is 10.1 Å². The minimum atomic E-state index is -4.47. The lowest BCUT2D eigenvalue weighted by Crippen LogP contribution is -2.47. The van der Waals surface area contributed by atoms with Gasteiger partial charge in [0, 0.05) is 7.11 Å². The van der Waals surface area contributed by atoms with Crippen LogP contribution in [0.5, 0.6) is 0 Å². The maximum absolute atomic E-state index is 12.7. The van der Waals surface area contributed by atoms with Gasteiger partial charge in [-0.2, -0.15) is 13.2 Å². The summed E-state index contributed by atoms with van der Waals surface area (Å²) in [6.45, 7) is 1.26. The second-order valence-corrected chi connectivity index (χ2v) is 5.28. The number of halogens is 3. The Balaban J connectivity index is 2.21. The van der Waals surface area contributed by atoms with Crippen LogP contribution in [-0.2, 0) is 22.3 Å². The van der Waals surface area contributed by atoms with Gasteiger partial charge in [0.1, 0.15) is 5.54 Å². The molecule has 1 heterocycles. The maximum atomic E-state index is 12.7. The molecule has 1 saturated heterocycles. The third-order valence-corrected chi connectivity index (χ3v) is 3.37. The lowest BCUT2D eigenvalue weighted by atomic mass is 10.0. The smallest absolute Gasteiger partial charge is 0.382 e. The van der Waals surface area contributed by atoms with E-state index in [0.717, 1.165) is 17.0 Å². The zero-order valence-corrected chi connectivity index (χ0v) is 12.0. The van der Waals surface area contributed by atoms with Gasteiger partial charge in [-0.05, 0) is 24.6 Å². The van der Waals surface area contributed by atoms with E-state index in [-0.39, 0.29) is 18.7 Å². The molecule has 1 aromatic rings. The highest BCUT2D eigenvalue weighted by molar-refractivity contribution is 6.06. The summed E-state index contributed by atoms with van der Waals surface area (Å²) in [5, 5.41) is 2.49. The first kappa shape index (κ1) is 16.3. The molecule has 3 amide bonds. The van der Waals surface area contributed by atoms with Crippen LogP contribution < -0.4 is 5.32 Å². The van der Waals surface area contributed by atoms with E-state index in [4.69, 9.17) is 4.74 Å². The van der Waals surface area contributed by atoms with Crippen LogP contribution >= 0.6 is 0 Å². The summed E-state index contributed by atoms with van der Waals surface area (Å²) in [6, 6.07) is 3.88. The number of rotatable bonds is 4. The number of carbonyl (C=O) groups excluding carboxylic acids is 2. The number of hydrogen-bond donors (Lipinski definition) is 1. The van der Waals surface area contributed by atoms with E-state index in [2.05, 4.69) is 5.32 Å². The number of benzene rings is 1. The van der Waals surface area contributed by atoms with E-state index >= 15 is 0 Å². The maximum Gasteiger partial charge on any atom is 0.416 e. The molecule has 1 aliphatic heterocycles. The highest BCUT2D eigenvalue weighted by Crippen LogP contribution is 2.30. The predicted molar refractivity (Wildman–Crippen MR) is 70.8 cm³/mol. The number of alkyl halides is 3. The highest BCUT2D eigenvalue weighted by Gasteiger charge is 2.47. The summed E-state index contributed by atoms with van der Waals surface area (Å²) in [5.74, 6) is -0.531. The Hall–Kier alpha value is -2.09. The molecule has 0 saturated carbocycles. The minimum absolute atomic E-state index is 0.0172. The molecule has 0 unspecified atom stereocenters. The predicted octanol–water partition coefficient (Wildman–Crippen LogP) is 2.16. The van der Waals surface area contributed by atoms with Gasteiger partial charge in [0.05, 0.1) is 18.7 Å². The Morgan fingerprint density at radius 1 is 1.32 bits per heavy atom. The molecule has 1 aromatic carbocycles. The van der Waals surface area contributed by atoms with Gasteiger partial charge in [-0.1, -0.05) is 12.1 Å². The third kappa shape index (κ3) is 3.06. The van der Waals surface area contributed by atoms with Crippen LogP contribution in [0.1, 0.15) is 18.1 Å². The van der Waals surface area contributed by atoms with Crippen LogP contribution in [0.25, 0.3) is 0 Å². The summed E-state index contributed by atoms with van der Waals surface area (Å²) in [7, 11) is 1.39. The molecule has 1 atom stereocenters. The van der Waals surface area contributed by atoms with Crippen molar-refractivity contribution in [2.45, 2.75) is 25.2 Å². The van der Waals surface area contributed by atoms with Crippen molar-refractivity contribution in [3.05, 3.63) is 35.4 Å². The summed E-state index contributed by atoms with van der Waals surface area (Å²) >= 11 is 0. The first-order chi connectivity index (χ1) is 10.2. The van der Waals surface area contributed by atoms with Crippen molar-refractivity contribution >= 4 is 11.9 Å². The zero-order chi connectivity index (χ0) is 16.5. The van der Waals surface area contributed by atoms with E-state index in [9.17, 15) is 22.8 Å². The molecule has 120 valence electrons. The Bertz CT molecular complexity index is 603. The molecule has 22 heavy (non-hydrogen) atoms. The van der Waals surface area contributed by atoms with Crippen molar-refractivity contribution < 1.29 is 27.5 Å². The lowest BCUT2D eigenvalue weighted by molar-refractivity contribution is -0.137. The van der Waals surface area contributed by atoms with Crippen LogP contribution in [-0.4, -0.2) is 36.1 Å². The zero-order valence-electron chi connectivity index (χ0n) is 12.0. The van der Waals surface area contributed by atoms with E-state index in [1.807, 2.05) is 0 Å². The number of nitrogens with zero attached hydrogens (tertiary/aromatic N) is 1. The van der Waals surface area contributed by atoms with E-state index in [1.54, 1.807) is 0 Å². The quantitative estimate of drug-likeness (QED) is 0.866. The van der Waals surface area contributed by atoms with Crippen LogP contribution in [0.4, 0.5) is 18.0 Å². The van der Waals surface area contributed by atoms with Crippen LogP contribution in [0, 0.1) is 0 Å². The van der Waals surface area contributed by atoms with E-state index in [0.29, 0.717) is 0 Å². The number of nitrogens with one attached hydrogen (secondary N) is 1. The Morgan fingerprint density at radius 2 is 2.00 bits per heavy atom. The van der Waals surface area contributed by atoms with Crippen LogP contribution in [0.3, 0.4) is 0 Å². The SMILES string of the molecule is COC[C@@]1(C)NC(=O)N(Cc2cccc(C(F)(F)F)c2)C1=O. The van der Waals surface area contributed by atoms with Gasteiger partial charge in [0.2, 0.25) is 0 Å². The van der Waals surface area contributed by atoms with Crippen molar-refractivity contribution in [1.29, 1.82) is 0 Å². The van der Waals surface area contributed by atoms with E-state index in [1.165, 1.54) is 26.2 Å². The molecule has 2 rings (SSSR count). The van der Waals surface area contributed by atoms with E-state index < -0.39 is 29.2 Å². The van der Waals surface area contributed by atoms with Gasteiger partial charge in [-0.3, -0.25) is 9.69 Å². The normalized spacial score (nSPS) is 22.1. The average Bonchev–Trinajstić information content (AvgIpc) is 2.62. The third-order valence-electron chi connectivity index (χ3n) is 3.37. The molecule has 1 aliphatic rings. The molecule has 5 nitrogen and oxygen atoms in total. The molecule has 0 radical (unpaired) electrons. The molecule has 0 aliphatic carbocycles. The molecule has 1 fully saturated rings. The molecular formula is C14H15F3N2O3. The monoisotopic (exact) mass is 316 g/mol. The van der Waals surface area contributed by atoms with Gasteiger partial charge in [-0.15, -0.1) is 0 Å². The Morgan fingerprint density at radius 3 is 2.59 bits per heavy atom. The van der Waals surface area contributed by atoms with Crippen LogP contribution in [0.15, 0.2) is 24.3 Å². The van der Waals surface area contributed by atoms with Crippen molar-refractivity contribution in [2.24, 2.45) is 0 Å². The number of methoxy groups -OCH3 is 1. The van der Waals surface area contributed by atoms with Crippen molar-refractivity contribution in [2.75, 3.05) is 13.7 Å². The molecule has 1 N–H and O–H groups in total. The lowest BCUT2D eigenvalue weighted by Gasteiger charge is -2.20. The first-order valence-electron chi connectivity index (χ1n) is 6.46. The summed E-state index contributed by atoms with van der Waals surface area (Å²) in [5.41, 5.74) is -1.80. The second kappa shape index (κ2) is 5.60.